The Kier molecular flexibility index (Phi) is 2.56. The summed E-state index contributed by atoms with van der Waals surface area (Å²) >= 11 is 0. The summed E-state index contributed by atoms with van der Waals surface area (Å²) < 4.78 is 0. The van der Waals surface area contributed by atoms with Gasteiger partial charge in [0.25, 0.3) is 0 Å². The fourth-order valence-corrected chi connectivity index (χ4v) is 4.04. The van der Waals surface area contributed by atoms with Crippen LogP contribution in [0.5, 0.6) is 0 Å². The van der Waals surface area contributed by atoms with E-state index in [0.717, 1.165) is 0 Å². The van der Waals surface area contributed by atoms with Gasteiger partial charge in [-0.2, -0.15) is 10.2 Å². The summed E-state index contributed by atoms with van der Waals surface area (Å²) in [5.41, 5.74) is 3.27. The molecule has 0 spiro atoms. The minimum absolute atomic E-state index is 0.125. The minimum atomic E-state index is -0.158. The van der Waals surface area contributed by atoms with Gasteiger partial charge < -0.3 is 0 Å². The van der Waals surface area contributed by atoms with Gasteiger partial charge in [-0.05, 0) is 26.7 Å². The maximum atomic E-state index is 4.63. The van der Waals surface area contributed by atoms with Gasteiger partial charge in [0, 0.05) is 18.9 Å². The van der Waals surface area contributed by atoms with Crippen molar-refractivity contribution in [3.05, 3.63) is 0 Å². The highest BCUT2D eigenvalue weighted by atomic mass is 15.7. The summed E-state index contributed by atoms with van der Waals surface area (Å²) in [6.07, 6.45) is 8.11. The Morgan fingerprint density at radius 1 is 1.00 bits per heavy atom. The second kappa shape index (κ2) is 3.75. The Morgan fingerprint density at radius 3 is 2.29 bits per heavy atom. The van der Waals surface area contributed by atoms with E-state index in [1.165, 1.54) is 38.5 Å². The molecular weight excluding hydrogens is 212 g/mol. The van der Waals surface area contributed by atoms with Crippen molar-refractivity contribution in [1.82, 2.24) is 10.4 Å². The molecule has 3 heterocycles. The van der Waals surface area contributed by atoms with Gasteiger partial charge in [0.1, 0.15) is 11.3 Å². The van der Waals surface area contributed by atoms with Crippen LogP contribution in [0.15, 0.2) is 10.2 Å². The molecule has 1 saturated heterocycles. The standard InChI is InChI=1S/C13H24N4/c1-12-10-8-6-4-5-7-9-11(10)13(2,15-14-12)17(3)16-12/h10-11,16H,4-9H2,1-3H3. The molecule has 1 aliphatic carbocycles. The average Bonchev–Trinajstić information content (AvgIpc) is 2.22. The maximum Gasteiger partial charge on any atom is 0.146 e. The minimum Gasteiger partial charge on any atom is -0.225 e. The van der Waals surface area contributed by atoms with Crippen LogP contribution in [0.3, 0.4) is 0 Å². The lowest BCUT2D eigenvalue weighted by Gasteiger charge is -2.59. The number of nitrogens with zero attached hydrogens (tertiary/aromatic N) is 3. The fraction of sp³-hybridized carbons (Fsp3) is 1.00. The normalized spacial score (nSPS) is 50.8. The lowest BCUT2D eigenvalue weighted by atomic mass is 9.67. The molecule has 1 saturated carbocycles. The molecule has 3 aliphatic heterocycles. The summed E-state index contributed by atoms with van der Waals surface area (Å²) in [6.45, 7) is 4.45. The van der Waals surface area contributed by atoms with Crippen molar-refractivity contribution in [2.75, 3.05) is 7.05 Å². The van der Waals surface area contributed by atoms with Crippen molar-refractivity contribution in [2.24, 2.45) is 22.1 Å². The van der Waals surface area contributed by atoms with Crippen molar-refractivity contribution < 1.29 is 0 Å². The Morgan fingerprint density at radius 2 is 1.65 bits per heavy atom. The largest absolute Gasteiger partial charge is 0.225 e. The molecule has 0 aromatic rings. The van der Waals surface area contributed by atoms with Crippen molar-refractivity contribution in [1.29, 1.82) is 0 Å². The summed E-state index contributed by atoms with van der Waals surface area (Å²) in [4.78, 5) is 0. The predicted octanol–water partition coefficient (Wildman–Crippen LogP) is 2.92. The number of azo groups is 1. The van der Waals surface area contributed by atoms with Crippen molar-refractivity contribution in [3.8, 4) is 0 Å². The zero-order valence-corrected chi connectivity index (χ0v) is 11.2. The second-order valence-electron chi connectivity index (χ2n) is 6.32. The molecule has 96 valence electrons. The van der Waals surface area contributed by atoms with Crippen molar-refractivity contribution in [3.63, 3.8) is 0 Å². The van der Waals surface area contributed by atoms with E-state index in [4.69, 9.17) is 0 Å². The number of hydrazine groups is 1. The van der Waals surface area contributed by atoms with Gasteiger partial charge in [-0.15, -0.1) is 0 Å². The number of fused-ring (bicyclic) bond motifs is 1. The van der Waals surface area contributed by atoms with E-state index in [1.807, 2.05) is 0 Å². The summed E-state index contributed by atoms with van der Waals surface area (Å²) in [6, 6.07) is 0. The second-order valence-corrected chi connectivity index (χ2v) is 6.32. The third-order valence-corrected chi connectivity index (χ3v) is 5.22. The van der Waals surface area contributed by atoms with Crippen LogP contribution in [-0.4, -0.2) is 23.4 Å². The van der Waals surface area contributed by atoms with Crippen LogP contribution in [0.4, 0.5) is 0 Å². The topological polar surface area (TPSA) is 40.0 Å². The predicted molar refractivity (Wildman–Crippen MR) is 67.2 cm³/mol. The Hall–Kier alpha value is -0.480. The highest BCUT2D eigenvalue weighted by Gasteiger charge is 2.58. The monoisotopic (exact) mass is 236 g/mol. The van der Waals surface area contributed by atoms with Crippen LogP contribution in [0.1, 0.15) is 52.4 Å². The Bertz CT molecular complexity index is 342. The van der Waals surface area contributed by atoms with Gasteiger partial charge in [0.05, 0.1) is 0 Å². The maximum absolute atomic E-state index is 4.63. The molecule has 4 nitrogen and oxygen atoms in total. The van der Waals surface area contributed by atoms with Crippen LogP contribution in [0, 0.1) is 11.8 Å². The third kappa shape index (κ3) is 1.57. The lowest BCUT2D eigenvalue weighted by molar-refractivity contribution is -0.146. The van der Waals surface area contributed by atoms with Crippen molar-refractivity contribution in [2.45, 2.75) is 63.7 Å². The van der Waals surface area contributed by atoms with Crippen LogP contribution in [0.2, 0.25) is 0 Å². The van der Waals surface area contributed by atoms with Crippen LogP contribution >= 0.6 is 0 Å². The molecule has 1 N–H and O–H groups in total. The molecule has 4 unspecified atom stereocenters. The van der Waals surface area contributed by atoms with Gasteiger partial charge in [-0.3, -0.25) is 0 Å². The first kappa shape index (κ1) is 11.6. The fourth-order valence-electron chi connectivity index (χ4n) is 4.04. The van der Waals surface area contributed by atoms with Crippen LogP contribution in [0.25, 0.3) is 0 Å². The zero-order chi connectivity index (χ0) is 12.1. The SMILES string of the molecule is CN1NC2(C)N=NC1(C)C1CCCCCCC12. The van der Waals surface area contributed by atoms with E-state index in [-0.39, 0.29) is 11.3 Å². The number of nitrogens with one attached hydrogen (secondary N) is 1. The Labute approximate surface area is 104 Å². The first-order chi connectivity index (χ1) is 8.06. The van der Waals surface area contributed by atoms with Gasteiger partial charge >= 0.3 is 0 Å². The molecule has 2 fully saturated rings. The molecule has 4 atom stereocenters. The first-order valence-electron chi connectivity index (χ1n) is 7.02. The average molecular weight is 236 g/mol. The third-order valence-electron chi connectivity index (χ3n) is 5.22. The molecule has 2 bridgehead atoms. The van der Waals surface area contributed by atoms with Gasteiger partial charge in [0.15, 0.2) is 0 Å². The van der Waals surface area contributed by atoms with E-state index in [0.29, 0.717) is 11.8 Å². The van der Waals surface area contributed by atoms with Crippen LogP contribution < -0.4 is 5.43 Å². The van der Waals surface area contributed by atoms with Gasteiger partial charge in [-0.1, -0.05) is 25.7 Å². The number of hydrogen-bond acceptors (Lipinski definition) is 4. The van der Waals surface area contributed by atoms with Gasteiger partial charge in [0.2, 0.25) is 0 Å². The molecule has 4 rings (SSSR count). The van der Waals surface area contributed by atoms with Crippen molar-refractivity contribution >= 4 is 0 Å². The highest BCUT2D eigenvalue weighted by Crippen LogP contribution is 2.51. The molecular formula is C13H24N4. The molecule has 0 amide bonds. The quantitative estimate of drug-likeness (QED) is 0.702. The summed E-state index contributed by atoms with van der Waals surface area (Å²) in [5, 5.41) is 11.4. The lowest BCUT2D eigenvalue weighted by Crippen LogP contribution is -2.73. The number of hydrogen-bond donors (Lipinski definition) is 1. The van der Waals surface area contributed by atoms with E-state index >= 15 is 0 Å². The molecule has 0 aromatic heterocycles. The summed E-state index contributed by atoms with van der Waals surface area (Å²) in [7, 11) is 2.12. The molecule has 0 radical (unpaired) electrons. The zero-order valence-electron chi connectivity index (χ0n) is 11.2. The molecule has 0 aromatic carbocycles. The van der Waals surface area contributed by atoms with Crippen LogP contribution in [-0.2, 0) is 0 Å². The van der Waals surface area contributed by atoms with E-state index < -0.39 is 0 Å². The number of rotatable bonds is 0. The molecule has 4 aliphatic rings. The summed E-state index contributed by atoms with van der Waals surface area (Å²) in [5.74, 6) is 1.32. The van der Waals surface area contributed by atoms with E-state index in [2.05, 4.69) is 41.6 Å². The van der Waals surface area contributed by atoms with E-state index in [9.17, 15) is 0 Å². The molecule has 17 heavy (non-hydrogen) atoms. The first-order valence-corrected chi connectivity index (χ1v) is 7.02. The van der Waals surface area contributed by atoms with Gasteiger partial charge in [-0.25, -0.2) is 10.4 Å². The Balaban J connectivity index is 1.98. The molecule has 4 heteroatoms. The highest BCUT2D eigenvalue weighted by molar-refractivity contribution is 5.07. The smallest absolute Gasteiger partial charge is 0.146 e. The van der Waals surface area contributed by atoms with E-state index in [1.54, 1.807) is 0 Å².